The van der Waals surface area contributed by atoms with Gasteiger partial charge in [-0.25, -0.2) is 4.98 Å². The average molecular weight is 274 g/mol. The molecule has 0 aliphatic carbocycles. The van der Waals surface area contributed by atoms with Crippen LogP contribution < -0.4 is 5.32 Å². The average Bonchev–Trinajstić information content (AvgIpc) is 3.08. The normalized spacial score (nSPS) is 10.8. The van der Waals surface area contributed by atoms with Crippen molar-refractivity contribution in [3.63, 3.8) is 0 Å². The molecule has 0 unspecified atom stereocenters. The third-order valence-electron chi connectivity index (χ3n) is 2.79. The molecule has 3 rings (SSSR count). The van der Waals surface area contributed by atoms with Gasteiger partial charge in [0, 0.05) is 24.2 Å². The Morgan fingerprint density at radius 1 is 1.47 bits per heavy atom. The van der Waals surface area contributed by atoms with Crippen LogP contribution in [0.1, 0.15) is 11.5 Å². The third kappa shape index (κ3) is 2.53. The molecule has 1 N–H and O–H groups in total. The first kappa shape index (κ1) is 12.0. The highest BCUT2D eigenvalue weighted by atomic mass is 32.1. The second-order valence-corrected chi connectivity index (χ2v) is 5.13. The predicted molar refractivity (Wildman–Crippen MR) is 75.1 cm³/mol. The minimum atomic E-state index is 0.645. The van der Waals surface area contributed by atoms with Crippen molar-refractivity contribution in [3.8, 4) is 11.3 Å². The molecule has 3 heterocycles. The number of hydrogen-bond acceptors (Lipinski definition) is 5. The number of aryl methyl sites for hydroxylation is 2. The van der Waals surface area contributed by atoms with Crippen molar-refractivity contribution in [2.75, 3.05) is 5.32 Å². The van der Waals surface area contributed by atoms with Crippen LogP contribution >= 0.6 is 11.3 Å². The van der Waals surface area contributed by atoms with Crippen molar-refractivity contribution in [1.29, 1.82) is 0 Å². The fourth-order valence-electron chi connectivity index (χ4n) is 1.91. The summed E-state index contributed by atoms with van der Waals surface area (Å²) in [5, 5.41) is 10.5. The van der Waals surface area contributed by atoms with E-state index in [1.54, 1.807) is 22.3 Å². The fourth-order valence-corrected chi connectivity index (χ4v) is 2.62. The molecule has 0 aliphatic heterocycles. The Hall–Kier alpha value is -2.08. The molecule has 6 heteroatoms. The molecule has 0 bridgehead atoms. The Morgan fingerprint density at radius 2 is 2.37 bits per heavy atom. The van der Waals surface area contributed by atoms with E-state index in [0.29, 0.717) is 6.54 Å². The highest BCUT2D eigenvalue weighted by Crippen LogP contribution is 2.26. The van der Waals surface area contributed by atoms with Gasteiger partial charge in [0.2, 0.25) is 0 Å². The molecule has 0 aromatic carbocycles. The van der Waals surface area contributed by atoms with Crippen molar-refractivity contribution in [2.24, 2.45) is 7.05 Å². The SMILES string of the molecule is Cc1nn(C)cc1-c1csc(NCc2ccco2)n1. The quantitative estimate of drug-likeness (QED) is 0.794. The number of rotatable bonds is 4. The summed E-state index contributed by atoms with van der Waals surface area (Å²) < 4.78 is 7.08. The zero-order valence-corrected chi connectivity index (χ0v) is 11.6. The predicted octanol–water partition coefficient (Wildman–Crippen LogP) is 3.06. The molecule has 0 radical (unpaired) electrons. The Bertz CT molecular complexity index is 669. The maximum atomic E-state index is 5.27. The van der Waals surface area contributed by atoms with Crippen molar-refractivity contribution in [1.82, 2.24) is 14.8 Å². The zero-order valence-electron chi connectivity index (χ0n) is 10.8. The van der Waals surface area contributed by atoms with E-state index in [9.17, 15) is 0 Å². The largest absolute Gasteiger partial charge is 0.467 e. The Morgan fingerprint density at radius 3 is 3.05 bits per heavy atom. The topological polar surface area (TPSA) is 55.9 Å². The second kappa shape index (κ2) is 4.89. The molecule has 0 atom stereocenters. The van der Waals surface area contributed by atoms with Gasteiger partial charge >= 0.3 is 0 Å². The van der Waals surface area contributed by atoms with Crippen LogP contribution in [0.4, 0.5) is 5.13 Å². The lowest BCUT2D eigenvalue weighted by Gasteiger charge is -1.98. The summed E-state index contributed by atoms with van der Waals surface area (Å²) in [4.78, 5) is 4.57. The van der Waals surface area contributed by atoms with Gasteiger partial charge in [0.05, 0.1) is 24.2 Å². The number of nitrogens with one attached hydrogen (secondary N) is 1. The van der Waals surface area contributed by atoms with Gasteiger partial charge in [-0.1, -0.05) is 0 Å². The lowest BCUT2D eigenvalue weighted by atomic mass is 10.2. The van der Waals surface area contributed by atoms with Gasteiger partial charge < -0.3 is 9.73 Å². The summed E-state index contributed by atoms with van der Waals surface area (Å²) in [6.45, 7) is 2.64. The maximum Gasteiger partial charge on any atom is 0.183 e. The molecule has 98 valence electrons. The Kier molecular flexibility index (Phi) is 3.08. The van der Waals surface area contributed by atoms with Crippen LogP contribution in [0.25, 0.3) is 11.3 Å². The molecule has 0 spiro atoms. The van der Waals surface area contributed by atoms with E-state index in [2.05, 4.69) is 15.4 Å². The van der Waals surface area contributed by atoms with Crippen LogP contribution in [0.15, 0.2) is 34.4 Å². The monoisotopic (exact) mass is 274 g/mol. The highest BCUT2D eigenvalue weighted by molar-refractivity contribution is 7.14. The molecule has 3 aromatic rings. The summed E-state index contributed by atoms with van der Waals surface area (Å²) in [5.41, 5.74) is 3.02. The van der Waals surface area contributed by atoms with E-state index in [4.69, 9.17) is 4.42 Å². The summed E-state index contributed by atoms with van der Waals surface area (Å²) in [5.74, 6) is 0.898. The molecule has 3 aromatic heterocycles. The zero-order chi connectivity index (χ0) is 13.2. The van der Waals surface area contributed by atoms with Crippen LogP contribution in [0.3, 0.4) is 0 Å². The van der Waals surface area contributed by atoms with E-state index in [0.717, 1.165) is 27.8 Å². The fraction of sp³-hybridized carbons (Fsp3) is 0.231. The van der Waals surface area contributed by atoms with Gasteiger partial charge in [-0.15, -0.1) is 11.3 Å². The number of thiazole rings is 1. The van der Waals surface area contributed by atoms with E-state index in [1.807, 2.05) is 37.7 Å². The standard InChI is InChI=1S/C13H14N4OS/c1-9-11(7-17(2)16-9)12-8-19-13(15-12)14-6-10-4-3-5-18-10/h3-5,7-8H,6H2,1-2H3,(H,14,15). The summed E-state index contributed by atoms with van der Waals surface area (Å²) in [6, 6.07) is 3.82. The first-order valence-electron chi connectivity index (χ1n) is 5.95. The van der Waals surface area contributed by atoms with E-state index < -0.39 is 0 Å². The molecule has 0 saturated carbocycles. The van der Waals surface area contributed by atoms with Gasteiger partial charge in [0.1, 0.15) is 5.76 Å². The molecular formula is C13H14N4OS. The maximum absolute atomic E-state index is 5.27. The Labute approximate surface area is 114 Å². The lowest BCUT2D eigenvalue weighted by Crippen LogP contribution is -1.97. The van der Waals surface area contributed by atoms with Crippen LogP contribution in [0, 0.1) is 6.92 Å². The molecule has 0 fully saturated rings. The van der Waals surface area contributed by atoms with E-state index in [-0.39, 0.29) is 0 Å². The number of furan rings is 1. The van der Waals surface area contributed by atoms with Crippen LogP contribution in [0.5, 0.6) is 0 Å². The summed E-state index contributed by atoms with van der Waals surface area (Å²) in [6.07, 6.45) is 3.66. The number of nitrogens with zero attached hydrogens (tertiary/aromatic N) is 3. The van der Waals surface area contributed by atoms with Crippen molar-refractivity contribution in [2.45, 2.75) is 13.5 Å². The molecule has 19 heavy (non-hydrogen) atoms. The minimum absolute atomic E-state index is 0.645. The molecule has 0 saturated heterocycles. The highest BCUT2D eigenvalue weighted by Gasteiger charge is 2.10. The summed E-state index contributed by atoms with van der Waals surface area (Å²) in [7, 11) is 1.92. The second-order valence-electron chi connectivity index (χ2n) is 4.27. The molecule has 0 aliphatic rings. The Balaban J connectivity index is 1.74. The van der Waals surface area contributed by atoms with Crippen molar-refractivity contribution in [3.05, 3.63) is 41.4 Å². The van der Waals surface area contributed by atoms with Gasteiger partial charge in [-0.2, -0.15) is 5.10 Å². The molecule has 0 amide bonds. The number of hydrogen-bond donors (Lipinski definition) is 1. The van der Waals surface area contributed by atoms with E-state index >= 15 is 0 Å². The summed E-state index contributed by atoms with van der Waals surface area (Å²) >= 11 is 1.58. The van der Waals surface area contributed by atoms with Gasteiger partial charge in [0.15, 0.2) is 5.13 Å². The number of anilines is 1. The van der Waals surface area contributed by atoms with Gasteiger partial charge in [-0.3, -0.25) is 4.68 Å². The van der Waals surface area contributed by atoms with Crippen LogP contribution in [0.2, 0.25) is 0 Å². The first-order valence-corrected chi connectivity index (χ1v) is 6.83. The minimum Gasteiger partial charge on any atom is -0.467 e. The van der Waals surface area contributed by atoms with Crippen molar-refractivity contribution < 1.29 is 4.42 Å². The van der Waals surface area contributed by atoms with Gasteiger partial charge in [-0.05, 0) is 19.1 Å². The number of aromatic nitrogens is 3. The van der Waals surface area contributed by atoms with Gasteiger partial charge in [0.25, 0.3) is 0 Å². The van der Waals surface area contributed by atoms with E-state index in [1.165, 1.54) is 0 Å². The first-order chi connectivity index (χ1) is 9.22. The lowest BCUT2D eigenvalue weighted by molar-refractivity contribution is 0.518. The smallest absolute Gasteiger partial charge is 0.183 e. The van der Waals surface area contributed by atoms with Crippen LogP contribution in [-0.2, 0) is 13.6 Å². The van der Waals surface area contributed by atoms with Crippen LogP contribution in [-0.4, -0.2) is 14.8 Å². The molecular weight excluding hydrogens is 260 g/mol. The molecule has 5 nitrogen and oxygen atoms in total. The van der Waals surface area contributed by atoms with Crippen molar-refractivity contribution >= 4 is 16.5 Å². The third-order valence-corrected chi connectivity index (χ3v) is 3.59.